The number of rotatable bonds is 3. The van der Waals surface area contributed by atoms with E-state index < -0.39 is 6.09 Å². The van der Waals surface area contributed by atoms with E-state index in [9.17, 15) is 4.79 Å². The zero-order valence-corrected chi connectivity index (χ0v) is 12.0. The zero-order valence-electron chi connectivity index (χ0n) is 11.2. The van der Waals surface area contributed by atoms with E-state index in [4.69, 9.17) is 4.74 Å². The Bertz CT molecular complexity index is 531. The number of ether oxygens (including phenoxy) is 1. The third kappa shape index (κ3) is 3.53. The highest BCUT2D eigenvalue weighted by molar-refractivity contribution is 7.78. The highest BCUT2D eigenvalue weighted by atomic mass is 32.1. The van der Waals surface area contributed by atoms with Crippen LogP contribution in [-0.2, 0) is 4.74 Å². The second-order valence-electron chi connectivity index (χ2n) is 4.43. The molecule has 7 heteroatoms. The van der Waals surface area contributed by atoms with Crippen molar-refractivity contribution in [1.82, 2.24) is 10.3 Å². The molecule has 0 saturated carbocycles. The van der Waals surface area contributed by atoms with E-state index in [2.05, 4.69) is 37.6 Å². The molecule has 106 valence electrons. The van der Waals surface area contributed by atoms with Crippen molar-refractivity contribution in [3.05, 3.63) is 18.5 Å². The molecule has 1 amide bonds. The van der Waals surface area contributed by atoms with E-state index >= 15 is 0 Å². The molecule has 0 bridgehead atoms. The molecule has 1 saturated heterocycles. The molecule has 6 nitrogen and oxygen atoms in total. The number of alkyl carbamates (subject to hydrolysis) is 1. The molecule has 0 aromatic carbocycles. The van der Waals surface area contributed by atoms with Gasteiger partial charge in [0.05, 0.1) is 23.6 Å². The molecule has 1 atom stereocenters. The molecular formula is C13H16N4O2S. The van der Waals surface area contributed by atoms with Crippen molar-refractivity contribution in [2.24, 2.45) is 4.99 Å². The summed E-state index contributed by atoms with van der Waals surface area (Å²) in [4.78, 5) is 21.5. The van der Waals surface area contributed by atoms with E-state index in [1.807, 2.05) is 6.07 Å². The van der Waals surface area contributed by atoms with Gasteiger partial charge >= 0.3 is 6.09 Å². The number of piperidine rings is 1. The van der Waals surface area contributed by atoms with Crippen molar-refractivity contribution in [3.8, 4) is 0 Å². The lowest BCUT2D eigenvalue weighted by molar-refractivity contribution is 0.0901. The fourth-order valence-electron chi connectivity index (χ4n) is 2.25. The van der Waals surface area contributed by atoms with E-state index in [0.717, 1.165) is 25.1 Å². The Balaban J connectivity index is 2.12. The van der Waals surface area contributed by atoms with E-state index in [1.54, 1.807) is 19.4 Å². The summed E-state index contributed by atoms with van der Waals surface area (Å²) in [5, 5.41) is 4.83. The maximum absolute atomic E-state index is 11.3. The van der Waals surface area contributed by atoms with Crippen LogP contribution in [0.1, 0.15) is 12.8 Å². The lowest BCUT2D eigenvalue weighted by atomic mass is 10.1. The van der Waals surface area contributed by atoms with Crippen LogP contribution in [0.5, 0.6) is 0 Å². The first-order chi connectivity index (χ1) is 9.74. The smallest absolute Gasteiger partial charge is 0.407 e. The van der Waals surface area contributed by atoms with Crippen molar-refractivity contribution >= 4 is 34.8 Å². The van der Waals surface area contributed by atoms with Crippen LogP contribution >= 0.6 is 12.2 Å². The largest absolute Gasteiger partial charge is 0.444 e. The number of pyridine rings is 1. The molecule has 2 rings (SSSR count). The van der Waals surface area contributed by atoms with Gasteiger partial charge in [0, 0.05) is 19.8 Å². The molecule has 0 radical (unpaired) electrons. The number of carbonyl (C=O) groups is 1. The Morgan fingerprint density at radius 2 is 2.55 bits per heavy atom. The van der Waals surface area contributed by atoms with Crippen molar-refractivity contribution < 1.29 is 9.53 Å². The summed E-state index contributed by atoms with van der Waals surface area (Å²) in [6.45, 7) is 1.52. The van der Waals surface area contributed by atoms with Crippen LogP contribution in [0.2, 0.25) is 0 Å². The van der Waals surface area contributed by atoms with Gasteiger partial charge in [-0.25, -0.2) is 4.79 Å². The van der Waals surface area contributed by atoms with Crippen LogP contribution in [0.4, 0.5) is 16.2 Å². The van der Waals surface area contributed by atoms with Gasteiger partial charge in [-0.1, -0.05) is 0 Å². The number of hydrogen-bond acceptors (Lipinski definition) is 6. The van der Waals surface area contributed by atoms with Gasteiger partial charge in [-0.05, 0) is 31.1 Å². The van der Waals surface area contributed by atoms with Gasteiger partial charge < -0.3 is 15.0 Å². The molecule has 1 fully saturated rings. The molecule has 1 aliphatic heterocycles. The van der Waals surface area contributed by atoms with Gasteiger partial charge in [0.25, 0.3) is 0 Å². The van der Waals surface area contributed by atoms with Gasteiger partial charge in [-0.2, -0.15) is 4.99 Å². The standard InChI is InChI=1S/C13H16N4O2S/c1-14-13(18)19-10-3-2-6-17(8-10)12-4-5-15-7-11(12)16-9-20/h4-5,7,10H,2-3,6,8H2,1H3,(H,14,18). The fraction of sp³-hybridized carbons (Fsp3) is 0.462. The van der Waals surface area contributed by atoms with Crippen molar-refractivity contribution in [3.63, 3.8) is 0 Å². The van der Waals surface area contributed by atoms with Crippen LogP contribution in [0.15, 0.2) is 23.5 Å². The first kappa shape index (κ1) is 14.4. The second-order valence-corrected chi connectivity index (χ2v) is 4.62. The summed E-state index contributed by atoms with van der Waals surface area (Å²) in [6, 6.07) is 1.88. The SMILES string of the molecule is CNC(=O)OC1CCCN(c2ccncc2N=C=S)C1. The maximum Gasteiger partial charge on any atom is 0.407 e. The zero-order chi connectivity index (χ0) is 14.4. The van der Waals surface area contributed by atoms with E-state index in [1.165, 1.54) is 0 Å². The molecule has 1 aromatic rings. The highest BCUT2D eigenvalue weighted by Gasteiger charge is 2.24. The molecule has 1 N–H and O–H groups in total. The van der Waals surface area contributed by atoms with Crippen molar-refractivity contribution in [1.29, 1.82) is 0 Å². The predicted molar refractivity (Wildman–Crippen MR) is 79.7 cm³/mol. The summed E-state index contributed by atoms with van der Waals surface area (Å²) in [6.07, 6.45) is 4.65. The number of aromatic nitrogens is 1. The van der Waals surface area contributed by atoms with Crippen LogP contribution in [0.25, 0.3) is 0 Å². The minimum atomic E-state index is -0.399. The van der Waals surface area contributed by atoms with Crippen LogP contribution in [0, 0.1) is 0 Å². The lowest BCUT2D eigenvalue weighted by Crippen LogP contribution is -2.41. The second kappa shape index (κ2) is 6.98. The number of aliphatic imine (C=N–C) groups is 1. The first-order valence-electron chi connectivity index (χ1n) is 6.39. The molecule has 2 heterocycles. The predicted octanol–water partition coefficient (Wildman–Crippen LogP) is 2.14. The van der Waals surface area contributed by atoms with Gasteiger partial charge in [0.2, 0.25) is 0 Å². The number of amides is 1. The Kier molecular flexibility index (Phi) is 5.03. The number of nitrogens with one attached hydrogen (secondary N) is 1. The molecule has 1 unspecified atom stereocenters. The third-order valence-corrected chi connectivity index (χ3v) is 3.23. The topological polar surface area (TPSA) is 66.8 Å². The van der Waals surface area contributed by atoms with Crippen LogP contribution in [0.3, 0.4) is 0 Å². The summed E-state index contributed by atoms with van der Waals surface area (Å²) in [7, 11) is 1.55. The van der Waals surface area contributed by atoms with Gasteiger partial charge in [0.1, 0.15) is 11.8 Å². The van der Waals surface area contributed by atoms with Crippen LogP contribution in [-0.4, -0.2) is 42.5 Å². The lowest BCUT2D eigenvalue weighted by Gasteiger charge is -2.34. The average Bonchev–Trinajstić information content (AvgIpc) is 2.48. The molecular weight excluding hydrogens is 276 g/mol. The Morgan fingerprint density at radius 3 is 3.30 bits per heavy atom. The Hall–Kier alpha value is -1.98. The maximum atomic E-state index is 11.3. The highest BCUT2D eigenvalue weighted by Crippen LogP contribution is 2.29. The minimum Gasteiger partial charge on any atom is -0.444 e. The number of anilines is 1. The van der Waals surface area contributed by atoms with E-state index in [-0.39, 0.29) is 6.10 Å². The number of isothiocyanates is 1. The molecule has 1 aromatic heterocycles. The molecule has 1 aliphatic rings. The number of hydrogen-bond donors (Lipinski definition) is 1. The number of thiocarbonyl (C=S) groups is 1. The van der Waals surface area contributed by atoms with E-state index in [0.29, 0.717) is 12.2 Å². The average molecular weight is 292 g/mol. The molecule has 0 spiro atoms. The van der Waals surface area contributed by atoms with Crippen LogP contribution < -0.4 is 10.2 Å². The Labute approximate surface area is 122 Å². The Morgan fingerprint density at radius 1 is 1.70 bits per heavy atom. The summed E-state index contributed by atoms with van der Waals surface area (Å²) >= 11 is 4.65. The summed E-state index contributed by atoms with van der Waals surface area (Å²) in [5.74, 6) is 0. The minimum absolute atomic E-state index is 0.124. The molecule has 0 aliphatic carbocycles. The van der Waals surface area contributed by atoms with Crippen molar-refractivity contribution in [2.75, 3.05) is 25.0 Å². The summed E-state index contributed by atoms with van der Waals surface area (Å²) < 4.78 is 5.32. The fourth-order valence-corrected chi connectivity index (χ4v) is 2.34. The normalized spacial score (nSPS) is 18.1. The van der Waals surface area contributed by atoms with Crippen molar-refractivity contribution in [2.45, 2.75) is 18.9 Å². The summed E-state index contributed by atoms with van der Waals surface area (Å²) in [5.41, 5.74) is 1.62. The molecule has 20 heavy (non-hydrogen) atoms. The van der Waals surface area contributed by atoms with Gasteiger partial charge in [-0.15, -0.1) is 0 Å². The van der Waals surface area contributed by atoms with Gasteiger partial charge in [-0.3, -0.25) is 4.98 Å². The van der Waals surface area contributed by atoms with Gasteiger partial charge in [0.15, 0.2) is 0 Å². The monoisotopic (exact) mass is 292 g/mol. The third-order valence-electron chi connectivity index (χ3n) is 3.14. The quantitative estimate of drug-likeness (QED) is 0.683. The first-order valence-corrected chi connectivity index (χ1v) is 6.80. The number of nitrogens with zero attached hydrogens (tertiary/aromatic N) is 3. The number of carbonyl (C=O) groups excluding carboxylic acids is 1.